The van der Waals surface area contributed by atoms with Gasteiger partial charge in [0.1, 0.15) is 17.1 Å². The maximum absolute atomic E-state index is 12.6. The summed E-state index contributed by atoms with van der Waals surface area (Å²) in [5, 5.41) is 0. The van der Waals surface area contributed by atoms with Gasteiger partial charge in [0, 0.05) is 37.5 Å². The molecule has 0 aliphatic carbocycles. The second-order valence-electron chi connectivity index (χ2n) is 8.58. The van der Waals surface area contributed by atoms with Gasteiger partial charge in [0.05, 0.1) is 0 Å². The van der Waals surface area contributed by atoms with E-state index in [1.54, 1.807) is 12.1 Å². The lowest BCUT2D eigenvalue weighted by atomic mass is 9.81. The molecule has 0 amide bonds. The highest BCUT2D eigenvalue weighted by Gasteiger charge is 2.42. The van der Waals surface area contributed by atoms with Crippen LogP contribution in [0.25, 0.3) is 6.08 Å². The van der Waals surface area contributed by atoms with Crippen LogP contribution in [-0.2, 0) is 6.54 Å². The summed E-state index contributed by atoms with van der Waals surface area (Å²) < 4.78 is 48.4. The van der Waals surface area contributed by atoms with Crippen LogP contribution in [0.15, 0.2) is 84.9 Å². The molecule has 2 unspecified atom stereocenters. The van der Waals surface area contributed by atoms with Crippen molar-refractivity contribution in [2.45, 2.75) is 37.4 Å². The lowest BCUT2D eigenvalue weighted by Gasteiger charge is -2.46. The number of alkyl halides is 3. The average Bonchev–Trinajstić information content (AvgIpc) is 2.81. The van der Waals surface area contributed by atoms with Crippen LogP contribution in [0.3, 0.4) is 0 Å². The molecular weight excluding hydrogens is 427 g/mol. The van der Waals surface area contributed by atoms with E-state index in [0.29, 0.717) is 6.42 Å². The molecule has 33 heavy (non-hydrogen) atoms. The molecule has 0 saturated carbocycles. The zero-order chi connectivity index (χ0) is 22.9. The molecule has 2 heterocycles. The largest absolute Gasteiger partial charge is 0.573 e. The summed E-state index contributed by atoms with van der Waals surface area (Å²) in [5.74, 6) is 0.651. The Morgan fingerprint density at radius 2 is 1.67 bits per heavy atom. The molecule has 1 saturated heterocycles. The number of halogens is 3. The van der Waals surface area contributed by atoms with Crippen molar-refractivity contribution in [2.24, 2.45) is 0 Å². The van der Waals surface area contributed by atoms with Gasteiger partial charge < -0.3 is 9.47 Å². The Kier molecular flexibility index (Phi) is 5.62. The Morgan fingerprint density at radius 1 is 0.939 bits per heavy atom. The molecule has 2 atom stereocenters. The molecule has 0 radical (unpaired) electrons. The van der Waals surface area contributed by atoms with Gasteiger partial charge >= 0.3 is 6.36 Å². The molecule has 0 bridgehead atoms. The summed E-state index contributed by atoms with van der Waals surface area (Å²) in [7, 11) is 0. The van der Waals surface area contributed by atoms with E-state index in [2.05, 4.69) is 33.9 Å². The molecule has 3 nitrogen and oxygen atoms in total. The molecule has 3 aromatic rings. The van der Waals surface area contributed by atoms with Crippen molar-refractivity contribution in [1.82, 2.24) is 4.90 Å². The summed E-state index contributed by atoms with van der Waals surface area (Å²) >= 11 is 0. The van der Waals surface area contributed by atoms with Crippen molar-refractivity contribution in [1.29, 1.82) is 0 Å². The number of hydrogen-bond donors (Lipinski definition) is 0. The van der Waals surface area contributed by atoms with E-state index in [-0.39, 0.29) is 11.8 Å². The van der Waals surface area contributed by atoms with Crippen LogP contribution in [0, 0.1) is 0 Å². The third-order valence-electron chi connectivity index (χ3n) is 6.33. The highest BCUT2D eigenvalue weighted by atomic mass is 19.4. The second kappa shape index (κ2) is 8.60. The number of piperidine rings is 1. The maximum Gasteiger partial charge on any atom is 0.573 e. The molecular formula is C27H24F3NO2. The van der Waals surface area contributed by atoms with Crippen LogP contribution >= 0.6 is 0 Å². The molecule has 5 rings (SSSR count). The van der Waals surface area contributed by atoms with Crippen molar-refractivity contribution >= 4 is 6.08 Å². The highest BCUT2D eigenvalue weighted by molar-refractivity contribution is 5.61. The molecule has 1 fully saturated rings. The highest BCUT2D eigenvalue weighted by Crippen LogP contribution is 2.44. The zero-order valence-electron chi connectivity index (χ0n) is 18.0. The van der Waals surface area contributed by atoms with Crippen molar-refractivity contribution < 1.29 is 22.6 Å². The SMILES string of the molecule is FC(F)(F)Oc1ccc(C2CC3(C=Cc4ccccc4O3)CCN2Cc2ccccc2)cc1. The van der Waals surface area contributed by atoms with Crippen LogP contribution in [0.1, 0.15) is 35.6 Å². The van der Waals surface area contributed by atoms with E-state index in [0.717, 1.165) is 36.4 Å². The minimum atomic E-state index is -4.70. The van der Waals surface area contributed by atoms with Gasteiger partial charge in [0.15, 0.2) is 0 Å². The Hall–Kier alpha value is -3.25. The molecule has 0 aromatic heterocycles. The van der Waals surface area contributed by atoms with E-state index in [9.17, 15) is 13.2 Å². The van der Waals surface area contributed by atoms with Crippen LogP contribution in [0.2, 0.25) is 0 Å². The van der Waals surface area contributed by atoms with Crippen LogP contribution in [-0.4, -0.2) is 23.4 Å². The standard InChI is InChI=1S/C27H24F3NO2/c28-27(29,30)32-23-12-10-21(11-13-23)24-18-26(15-14-22-8-4-5-9-25(22)33-26)16-17-31(24)19-20-6-2-1-3-7-20/h1-15,24H,16-19H2. The van der Waals surface area contributed by atoms with Crippen molar-refractivity contribution in [3.63, 3.8) is 0 Å². The predicted octanol–water partition coefficient (Wildman–Crippen LogP) is 6.77. The number of nitrogens with zero attached hydrogens (tertiary/aromatic N) is 1. The van der Waals surface area contributed by atoms with Gasteiger partial charge in [0.25, 0.3) is 0 Å². The number of likely N-dealkylation sites (tertiary alicyclic amines) is 1. The third kappa shape index (κ3) is 4.91. The summed E-state index contributed by atoms with van der Waals surface area (Å²) in [6.07, 6.45) is 1.08. The Bertz CT molecular complexity index is 1130. The fraction of sp³-hybridized carbons (Fsp3) is 0.259. The lowest BCUT2D eigenvalue weighted by Crippen LogP contribution is -2.48. The molecule has 1 spiro atoms. The fourth-order valence-corrected chi connectivity index (χ4v) is 4.72. The van der Waals surface area contributed by atoms with Crippen LogP contribution in [0.5, 0.6) is 11.5 Å². The monoisotopic (exact) mass is 451 g/mol. The number of benzene rings is 3. The molecule has 170 valence electrons. The van der Waals surface area contributed by atoms with E-state index >= 15 is 0 Å². The summed E-state index contributed by atoms with van der Waals surface area (Å²) in [6, 6.07) is 24.4. The van der Waals surface area contributed by atoms with Gasteiger partial charge in [-0.3, -0.25) is 4.90 Å². The normalized spacial score (nSPS) is 22.6. The Balaban J connectivity index is 1.43. The lowest BCUT2D eigenvalue weighted by molar-refractivity contribution is -0.274. The van der Waals surface area contributed by atoms with E-state index < -0.39 is 12.0 Å². The van der Waals surface area contributed by atoms with Gasteiger partial charge in [-0.05, 0) is 35.4 Å². The summed E-state index contributed by atoms with van der Waals surface area (Å²) in [5.41, 5.74) is 2.74. The van der Waals surface area contributed by atoms with Gasteiger partial charge in [-0.1, -0.05) is 66.7 Å². The van der Waals surface area contributed by atoms with E-state index in [4.69, 9.17) is 4.74 Å². The quantitative estimate of drug-likeness (QED) is 0.437. The van der Waals surface area contributed by atoms with Gasteiger partial charge in [-0.2, -0.15) is 0 Å². The zero-order valence-corrected chi connectivity index (χ0v) is 18.0. The van der Waals surface area contributed by atoms with Gasteiger partial charge in [0.2, 0.25) is 0 Å². The van der Waals surface area contributed by atoms with Gasteiger partial charge in [-0.25, -0.2) is 0 Å². The maximum atomic E-state index is 12.6. The molecule has 6 heteroatoms. The van der Waals surface area contributed by atoms with Crippen LogP contribution in [0.4, 0.5) is 13.2 Å². The fourth-order valence-electron chi connectivity index (χ4n) is 4.72. The van der Waals surface area contributed by atoms with Crippen molar-refractivity contribution in [2.75, 3.05) is 6.54 Å². The Morgan fingerprint density at radius 3 is 2.42 bits per heavy atom. The minimum Gasteiger partial charge on any atom is -0.482 e. The molecule has 2 aliphatic heterocycles. The third-order valence-corrected chi connectivity index (χ3v) is 6.33. The van der Waals surface area contributed by atoms with E-state index in [1.807, 2.05) is 42.5 Å². The number of fused-ring (bicyclic) bond motifs is 1. The topological polar surface area (TPSA) is 21.7 Å². The predicted molar refractivity (Wildman–Crippen MR) is 121 cm³/mol. The number of rotatable bonds is 4. The van der Waals surface area contributed by atoms with Crippen LogP contribution < -0.4 is 9.47 Å². The smallest absolute Gasteiger partial charge is 0.482 e. The average molecular weight is 451 g/mol. The number of para-hydroxylation sites is 1. The Labute approximate surface area is 191 Å². The number of ether oxygens (including phenoxy) is 2. The first-order valence-electron chi connectivity index (χ1n) is 11.0. The van der Waals surface area contributed by atoms with Crippen molar-refractivity contribution in [3.8, 4) is 11.5 Å². The number of hydrogen-bond acceptors (Lipinski definition) is 3. The first-order valence-corrected chi connectivity index (χ1v) is 11.0. The first kappa shape index (κ1) is 21.6. The molecule has 3 aromatic carbocycles. The molecule has 2 aliphatic rings. The van der Waals surface area contributed by atoms with Gasteiger partial charge in [-0.15, -0.1) is 13.2 Å². The first-order chi connectivity index (χ1) is 15.9. The summed E-state index contributed by atoms with van der Waals surface area (Å²) in [4.78, 5) is 2.37. The minimum absolute atomic E-state index is 0.0196. The van der Waals surface area contributed by atoms with E-state index in [1.165, 1.54) is 17.7 Å². The van der Waals surface area contributed by atoms with Crippen molar-refractivity contribution in [3.05, 3.63) is 102 Å². The summed E-state index contributed by atoms with van der Waals surface area (Å²) in [6.45, 7) is 1.55. The second-order valence-corrected chi connectivity index (χ2v) is 8.58. The molecule has 0 N–H and O–H groups in total.